The van der Waals surface area contributed by atoms with Crippen molar-refractivity contribution >= 4 is 5.65 Å². The number of halogens is 1. The maximum Gasteiger partial charge on any atom is 0.272 e. The van der Waals surface area contributed by atoms with E-state index in [0.717, 1.165) is 6.20 Å². The smallest absolute Gasteiger partial charge is 0.272 e. The van der Waals surface area contributed by atoms with Crippen LogP contribution in [0.1, 0.15) is 29.8 Å². The number of aromatic amines is 1. The molecule has 1 atom stereocenters. The number of hydrogen-bond donors (Lipinski definition) is 2. The molecule has 0 radical (unpaired) electrons. The molecule has 3 heterocycles. The predicted molar refractivity (Wildman–Crippen MR) is 80.0 cm³/mol. The highest BCUT2D eigenvalue weighted by Gasteiger charge is 2.11. The second-order valence-corrected chi connectivity index (χ2v) is 5.08. The van der Waals surface area contributed by atoms with Crippen molar-refractivity contribution in [1.29, 1.82) is 5.26 Å². The van der Waals surface area contributed by atoms with E-state index in [2.05, 4.69) is 20.4 Å². The van der Waals surface area contributed by atoms with E-state index in [1.54, 1.807) is 6.20 Å². The van der Waals surface area contributed by atoms with Gasteiger partial charge in [-0.25, -0.2) is 13.9 Å². The fraction of sp³-hybridized carbons (Fsp3) is 0.200. The van der Waals surface area contributed by atoms with Gasteiger partial charge in [0.1, 0.15) is 17.4 Å². The maximum atomic E-state index is 13.2. The molecule has 0 bridgehead atoms. The van der Waals surface area contributed by atoms with Crippen LogP contribution in [0.2, 0.25) is 0 Å². The Hall–Kier alpha value is -3.05. The van der Waals surface area contributed by atoms with Gasteiger partial charge in [-0.2, -0.15) is 5.26 Å². The Morgan fingerprint density at radius 2 is 2.30 bits per heavy atom. The van der Waals surface area contributed by atoms with E-state index in [1.165, 1.54) is 22.8 Å². The highest BCUT2D eigenvalue weighted by atomic mass is 19.1. The molecule has 116 valence electrons. The molecular weight excluding hydrogens is 299 g/mol. The van der Waals surface area contributed by atoms with Crippen molar-refractivity contribution < 1.29 is 4.39 Å². The molecule has 0 spiro atoms. The van der Waals surface area contributed by atoms with Crippen LogP contribution >= 0.6 is 0 Å². The van der Waals surface area contributed by atoms with Crippen LogP contribution in [-0.4, -0.2) is 19.6 Å². The number of nitrogens with zero attached hydrogens (tertiary/aromatic N) is 4. The predicted octanol–water partition coefficient (Wildman–Crippen LogP) is 1.28. The van der Waals surface area contributed by atoms with Gasteiger partial charge in [-0.15, -0.1) is 0 Å². The van der Waals surface area contributed by atoms with E-state index in [1.807, 2.05) is 13.0 Å². The minimum absolute atomic E-state index is 0.167. The van der Waals surface area contributed by atoms with Crippen LogP contribution in [0, 0.1) is 17.1 Å². The van der Waals surface area contributed by atoms with Crippen LogP contribution in [0.5, 0.6) is 0 Å². The molecular formula is C15H13FN6O. The van der Waals surface area contributed by atoms with E-state index in [0.29, 0.717) is 23.4 Å². The second kappa shape index (κ2) is 5.98. The lowest BCUT2D eigenvalue weighted by Gasteiger charge is -2.13. The van der Waals surface area contributed by atoms with Crippen molar-refractivity contribution in [2.24, 2.45) is 0 Å². The highest BCUT2D eigenvalue weighted by molar-refractivity contribution is 5.53. The van der Waals surface area contributed by atoms with Crippen LogP contribution in [0.3, 0.4) is 0 Å². The van der Waals surface area contributed by atoms with Gasteiger partial charge in [0.2, 0.25) is 0 Å². The second-order valence-electron chi connectivity index (χ2n) is 5.08. The number of nitriles is 1. The van der Waals surface area contributed by atoms with Gasteiger partial charge in [0.05, 0.1) is 11.9 Å². The summed E-state index contributed by atoms with van der Waals surface area (Å²) in [5.41, 5.74) is 1.49. The summed E-state index contributed by atoms with van der Waals surface area (Å²) >= 11 is 0. The first kappa shape index (κ1) is 14.9. The van der Waals surface area contributed by atoms with Gasteiger partial charge in [-0.3, -0.25) is 14.9 Å². The molecule has 8 heteroatoms. The number of H-pyrrole nitrogens is 1. The van der Waals surface area contributed by atoms with E-state index < -0.39 is 5.82 Å². The van der Waals surface area contributed by atoms with Crippen LogP contribution in [0.15, 0.2) is 35.5 Å². The summed E-state index contributed by atoms with van der Waals surface area (Å²) in [6.07, 6.45) is 4.15. The molecule has 7 nitrogen and oxygen atoms in total. The van der Waals surface area contributed by atoms with Crippen molar-refractivity contribution in [3.05, 3.63) is 63.7 Å². The zero-order valence-electron chi connectivity index (χ0n) is 12.2. The van der Waals surface area contributed by atoms with Crippen LogP contribution in [0.25, 0.3) is 5.65 Å². The Morgan fingerprint density at radius 1 is 1.48 bits per heavy atom. The third-order valence-electron chi connectivity index (χ3n) is 3.49. The van der Waals surface area contributed by atoms with Crippen molar-refractivity contribution in [2.75, 3.05) is 0 Å². The van der Waals surface area contributed by atoms with Gasteiger partial charge in [0.15, 0.2) is 5.65 Å². The molecule has 23 heavy (non-hydrogen) atoms. The summed E-state index contributed by atoms with van der Waals surface area (Å²) < 4.78 is 14.4. The maximum absolute atomic E-state index is 13.2. The molecule has 0 amide bonds. The molecule has 0 saturated heterocycles. The zero-order chi connectivity index (χ0) is 16.4. The van der Waals surface area contributed by atoms with Crippen LogP contribution in [0.4, 0.5) is 4.39 Å². The summed E-state index contributed by atoms with van der Waals surface area (Å²) in [5.74, 6) is -0.403. The molecule has 0 fully saturated rings. The number of hydrogen-bond acceptors (Lipinski definition) is 5. The summed E-state index contributed by atoms with van der Waals surface area (Å²) in [6, 6.07) is 4.59. The molecule has 0 saturated carbocycles. The summed E-state index contributed by atoms with van der Waals surface area (Å²) in [5, 5.41) is 14.8. The summed E-state index contributed by atoms with van der Waals surface area (Å²) in [4.78, 5) is 20.1. The van der Waals surface area contributed by atoms with E-state index in [4.69, 9.17) is 5.26 Å². The Labute approximate surface area is 130 Å². The number of fused-ring (bicyclic) bond motifs is 1. The molecule has 0 aliphatic heterocycles. The zero-order valence-corrected chi connectivity index (χ0v) is 12.2. The van der Waals surface area contributed by atoms with Crippen molar-refractivity contribution in [3.63, 3.8) is 0 Å². The fourth-order valence-electron chi connectivity index (χ4n) is 2.24. The Balaban J connectivity index is 1.82. The van der Waals surface area contributed by atoms with Gasteiger partial charge < -0.3 is 5.32 Å². The lowest BCUT2D eigenvalue weighted by atomic mass is 10.1. The van der Waals surface area contributed by atoms with Crippen LogP contribution < -0.4 is 10.9 Å². The van der Waals surface area contributed by atoms with Gasteiger partial charge in [-0.1, -0.05) is 0 Å². The van der Waals surface area contributed by atoms with Crippen molar-refractivity contribution in [1.82, 2.24) is 24.9 Å². The molecule has 3 rings (SSSR count). The van der Waals surface area contributed by atoms with Gasteiger partial charge in [-0.05, 0) is 18.6 Å². The normalized spacial score (nSPS) is 12.2. The average molecular weight is 312 g/mol. The molecule has 0 aliphatic carbocycles. The topological polar surface area (TPSA) is 98.9 Å². The first-order chi connectivity index (χ1) is 11.1. The third-order valence-corrected chi connectivity index (χ3v) is 3.49. The molecule has 1 unspecified atom stereocenters. The van der Waals surface area contributed by atoms with Crippen LogP contribution in [-0.2, 0) is 6.54 Å². The Kier molecular flexibility index (Phi) is 3.87. The number of nitrogens with one attached hydrogen (secondary N) is 2. The third kappa shape index (κ3) is 2.95. The lowest BCUT2D eigenvalue weighted by Crippen LogP contribution is -2.22. The van der Waals surface area contributed by atoms with Gasteiger partial charge >= 0.3 is 0 Å². The van der Waals surface area contributed by atoms with Gasteiger partial charge in [0.25, 0.3) is 5.56 Å². The molecule has 2 N–H and O–H groups in total. The monoisotopic (exact) mass is 312 g/mol. The van der Waals surface area contributed by atoms with Gasteiger partial charge in [0, 0.05) is 31.0 Å². The highest BCUT2D eigenvalue weighted by Crippen LogP contribution is 2.13. The molecule has 3 aromatic heterocycles. The minimum Gasteiger partial charge on any atom is -0.305 e. The lowest BCUT2D eigenvalue weighted by molar-refractivity contribution is 0.555. The Morgan fingerprint density at radius 3 is 3.04 bits per heavy atom. The first-order valence-electron chi connectivity index (χ1n) is 6.92. The molecule has 0 aliphatic rings. The molecule has 0 aromatic carbocycles. The number of aromatic nitrogens is 4. The number of rotatable bonds is 4. The van der Waals surface area contributed by atoms with E-state index >= 15 is 0 Å². The largest absolute Gasteiger partial charge is 0.305 e. The van der Waals surface area contributed by atoms with Crippen molar-refractivity contribution in [3.8, 4) is 6.07 Å². The fourth-order valence-corrected chi connectivity index (χ4v) is 2.24. The average Bonchev–Trinajstić information content (AvgIpc) is 2.96. The van der Waals surface area contributed by atoms with Crippen molar-refractivity contribution in [2.45, 2.75) is 19.5 Å². The SMILES string of the molecule is CC(NCc1cc(=O)n2[nH]cc(C#N)c2n1)c1cncc(F)c1. The number of pyridine rings is 1. The van der Waals surface area contributed by atoms with E-state index in [9.17, 15) is 9.18 Å². The summed E-state index contributed by atoms with van der Waals surface area (Å²) in [6.45, 7) is 2.16. The Bertz CT molecular complexity index is 954. The molecule has 3 aromatic rings. The first-order valence-corrected chi connectivity index (χ1v) is 6.92. The quantitative estimate of drug-likeness (QED) is 0.756. The van der Waals surface area contributed by atoms with E-state index in [-0.39, 0.29) is 17.2 Å². The summed E-state index contributed by atoms with van der Waals surface area (Å²) in [7, 11) is 0. The minimum atomic E-state index is -0.403. The standard InChI is InChI=1S/C15H13FN6O/c1-9(10-2-12(16)7-18-5-10)19-8-13-3-14(23)22-15(21-13)11(4-17)6-20-22/h2-3,5-7,9,19-20H,8H2,1H3.